The maximum Gasteiger partial charge on any atom is 0.226 e. The number of nitrogens with zero attached hydrogens (tertiary/aromatic N) is 2. The van der Waals surface area contributed by atoms with Gasteiger partial charge in [0, 0.05) is 30.6 Å². The molecule has 3 aliphatic carbocycles. The number of hydrogen-bond acceptors (Lipinski definition) is 5. The second-order valence-electron chi connectivity index (χ2n) is 13.1. The highest BCUT2D eigenvalue weighted by Gasteiger charge is 2.73. The predicted molar refractivity (Wildman–Crippen MR) is 143 cm³/mol. The zero-order chi connectivity index (χ0) is 25.8. The average Bonchev–Trinajstić information content (AvgIpc) is 3.55. The summed E-state index contributed by atoms with van der Waals surface area (Å²) < 4.78 is 6.72. The van der Waals surface area contributed by atoms with E-state index in [9.17, 15) is 15.0 Å². The standard InChI is InChI=1S/C32H38N2O4/c1-19-2-4-20(5-3-19)16-23-11-14-34(30(23)36)24-10-12-32(37)26-17-22-8-9-25(35)28-27(22)31(32,29(24)38-28)13-15-33(26)18-21-6-7-21/h2-5,8-9,21,23-24,26,29,35,37H,6-7,10-18H2,1H3/t23?,24-,26+,29-,31-,32+/m0/s1. The normalized spacial score (nSPS) is 37.3. The number of phenolic OH excluding ortho intramolecular Hbond substituents is 1. The number of likely N-dealkylation sites (tertiary alicyclic amines) is 2. The summed E-state index contributed by atoms with van der Waals surface area (Å²) in [6, 6.07) is 12.3. The molecule has 3 aliphatic heterocycles. The minimum Gasteiger partial charge on any atom is -0.504 e. The molecule has 2 bridgehead atoms. The largest absolute Gasteiger partial charge is 0.504 e. The lowest BCUT2D eigenvalue weighted by atomic mass is 9.48. The van der Waals surface area contributed by atoms with Crippen molar-refractivity contribution < 1.29 is 19.7 Å². The Labute approximate surface area is 224 Å². The third kappa shape index (κ3) is 3.05. The smallest absolute Gasteiger partial charge is 0.226 e. The fourth-order valence-electron chi connectivity index (χ4n) is 9.06. The topological polar surface area (TPSA) is 73.2 Å². The van der Waals surface area contributed by atoms with E-state index in [0.717, 1.165) is 63.2 Å². The molecule has 2 saturated carbocycles. The summed E-state index contributed by atoms with van der Waals surface area (Å²) in [5, 5.41) is 23.6. The van der Waals surface area contributed by atoms with Crippen molar-refractivity contribution in [1.82, 2.24) is 9.80 Å². The molecule has 2 aromatic carbocycles. The van der Waals surface area contributed by atoms with Crippen molar-refractivity contribution in [3.8, 4) is 11.5 Å². The quantitative estimate of drug-likeness (QED) is 0.636. The molecule has 6 atom stereocenters. The minimum absolute atomic E-state index is 0.0109. The molecule has 2 N–H and O–H groups in total. The van der Waals surface area contributed by atoms with Gasteiger partial charge in [-0.1, -0.05) is 35.9 Å². The Hall–Kier alpha value is -2.57. The molecule has 0 radical (unpaired) electrons. The minimum atomic E-state index is -0.905. The first-order chi connectivity index (χ1) is 18.4. The van der Waals surface area contributed by atoms with Crippen molar-refractivity contribution in [2.24, 2.45) is 11.8 Å². The van der Waals surface area contributed by atoms with Crippen molar-refractivity contribution in [3.05, 3.63) is 58.7 Å². The van der Waals surface area contributed by atoms with Crippen LogP contribution in [0.1, 0.15) is 60.8 Å². The molecule has 3 heterocycles. The lowest BCUT2D eigenvalue weighted by Crippen LogP contribution is -2.78. The van der Waals surface area contributed by atoms with Crippen LogP contribution in [0.3, 0.4) is 0 Å². The zero-order valence-electron chi connectivity index (χ0n) is 22.2. The van der Waals surface area contributed by atoms with Crippen LogP contribution in [0, 0.1) is 18.8 Å². The van der Waals surface area contributed by atoms with Crippen molar-refractivity contribution in [2.45, 2.75) is 87.5 Å². The fourth-order valence-corrected chi connectivity index (χ4v) is 9.06. The molecule has 2 aromatic rings. The Bertz CT molecular complexity index is 1310. The summed E-state index contributed by atoms with van der Waals surface area (Å²) in [5.41, 5.74) is 3.22. The average molecular weight is 515 g/mol. The van der Waals surface area contributed by atoms with E-state index in [0.29, 0.717) is 12.2 Å². The van der Waals surface area contributed by atoms with E-state index in [-0.39, 0.29) is 35.8 Å². The molecule has 1 spiro atoms. The van der Waals surface area contributed by atoms with Crippen molar-refractivity contribution in [2.75, 3.05) is 19.6 Å². The first-order valence-electron chi connectivity index (χ1n) is 14.7. The second-order valence-corrected chi connectivity index (χ2v) is 13.1. The van der Waals surface area contributed by atoms with Crippen LogP contribution >= 0.6 is 0 Å². The number of phenols is 1. The monoisotopic (exact) mass is 514 g/mol. The summed E-state index contributed by atoms with van der Waals surface area (Å²) in [7, 11) is 0. The number of piperidine rings is 1. The summed E-state index contributed by atoms with van der Waals surface area (Å²) in [5.74, 6) is 1.71. The number of carbonyl (C=O) groups excluding carboxylic acids is 1. The molecule has 6 heteroatoms. The summed E-state index contributed by atoms with van der Waals surface area (Å²) in [6.07, 6.45) is 6.93. The molecule has 6 aliphatic rings. The van der Waals surface area contributed by atoms with Gasteiger partial charge in [-0.2, -0.15) is 0 Å². The number of aliphatic hydroxyl groups is 1. The van der Waals surface area contributed by atoms with Gasteiger partial charge in [-0.15, -0.1) is 0 Å². The van der Waals surface area contributed by atoms with Crippen LogP contribution < -0.4 is 4.74 Å². The van der Waals surface area contributed by atoms with Crippen molar-refractivity contribution in [3.63, 3.8) is 0 Å². The number of hydrogen-bond donors (Lipinski definition) is 2. The molecule has 1 amide bonds. The molecule has 4 fully saturated rings. The van der Waals surface area contributed by atoms with E-state index < -0.39 is 11.0 Å². The molecule has 8 rings (SSSR count). The Morgan fingerprint density at radius 2 is 1.84 bits per heavy atom. The van der Waals surface area contributed by atoms with Gasteiger partial charge in [-0.3, -0.25) is 9.69 Å². The third-order valence-electron chi connectivity index (χ3n) is 11.1. The first-order valence-corrected chi connectivity index (χ1v) is 14.7. The third-order valence-corrected chi connectivity index (χ3v) is 11.1. The molecular weight excluding hydrogens is 476 g/mol. The summed E-state index contributed by atoms with van der Waals surface area (Å²) in [6.45, 7) is 4.84. The maximum atomic E-state index is 13.8. The van der Waals surface area contributed by atoms with E-state index in [1.54, 1.807) is 6.07 Å². The molecule has 2 saturated heterocycles. The highest BCUT2D eigenvalue weighted by molar-refractivity contribution is 5.82. The number of aryl methyl sites for hydroxylation is 1. The van der Waals surface area contributed by atoms with Crippen LogP contribution in [-0.4, -0.2) is 69.3 Å². The van der Waals surface area contributed by atoms with Crippen molar-refractivity contribution in [1.29, 1.82) is 0 Å². The number of ether oxygens (including phenoxy) is 1. The molecular formula is C32H38N2O4. The van der Waals surface area contributed by atoms with Gasteiger partial charge in [0.1, 0.15) is 6.10 Å². The van der Waals surface area contributed by atoms with Crippen LogP contribution in [0.2, 0.25) is 0 Å². The van der Waals surface area contributed by atoms with Crippen molar-refractivity contribution >= 4 is 5.91 Å². The van der Waals surface area contributed by atoms with E-state index in [4.69, 9.17) is 4.74 Å². The van der Waals surface area contributed by atoms with Crippen LogP contribution in [0.4, 0.5) is 0 Å². The zero-order valence-corrected chi connectivity index (χ0v) is 22.2. The molecule has 200 valence electrons. The van der Waals surface area contributed by atoms with Gasteiger partial charge in [0.15, 0.2) is 11.5 Å². The van der Waals surface area contributed by atoms with Gasteiger partial charge in [0.2, 0.25) is 5.91 Å². The predicted octanol–water partition coefficient (Wildman–Crippen LogP) is 3.72. The maximum absolute atomic E-state index is 13.8. The number of rotatable bonds is 5. The second kappa shape index (κ2) is 7.98. The van der Waals surface area contributed by atoms with Gasteiger partial charge in [-0.25, -0.2) is 0 Å². The Morgan fingerprint density at radius 3 is 2.63 bits per heavy atom. The summed E-state index contributed by atoms with van der Waals surface area (Å²) in [4.78, 5) is 18.5. The molecule has 6 nitrogen and oxygen atoms in total. The SMILES string of the molecule is Cc1ccc(CC2CCN([C@H]3CC[C@@]4(O)[C@H]5Cc6ccc(O)c7c6[C@@]4(CCN5CC4CC4)[C@H]3O7)C2=O)cc1. The van der Waals surface area contributed by atoms with E-state index in [1.165, 1.54) is 29.5 Å². The van der Waals surface area contributed by atoms with Crippen LogP contribution in [0.15, 0.2) is 36.4 Å². The van der Waals surface area contributed by atoms with Crippen LogP contribution in [0.25, 0.3) is 0 Å². The Balaban J connectivity index is 1.14. The molecule has 0 aromatic heterocycles. The van der Waals surface area contributed by atoms with Gasteiger partial charge in [-0.05, 0) is 87.9 Å². The molecule has 1 unspecified atom stereocenters. The highest BCUT2D eigenvalue weighted by Crippen LogP contribution is 2.66. The Kier molecular flexibility index (Phi) is 4.90. The number of benzene rings is 2. The van der Waals surface area contributed by atoms with E-state index in [2.05, 4.69) is 47.1 Å². The lowest BCUT2D eigenvalue weighted by Gasteiger charge is -2.64. The lowest BCUT2D eigenvalue weighted by molar-refractivity contribution is -0.200. The molecule has 38 heavy (non-hydrogen) atoms. The highest BCUT2D eigenvalue weighted by atomic mass is 16.5. The Morgan fingerprint density at radius 1 is 1.03 bits per heavy atom. The first kappa shape index (κ1) is 23.3. The summed E-state index contributed by atoms with van der Waals surface area (Å²) >= 11 is 0. The number of aromatic hydroxyl groups is 1. The number of amides is 1. The van der Waals surface area contributed by atoms with Crippen LogP contribution in [-0.2, 0) is 23.1 Å². The van der Waals surface area contributed by atoms with Gasteiger partial charge >= 0.3 is 0 Å². The number of carbonyl (C=O) groups is 1. The van der Waals surface area contributed by atoms with E-state index in [1.807, 2.05) is 0 Å². The van der Waals surface area contributed by atoms with Gasteiger partial charge in [0.05, 0.1) is 17.1 Å². The van der Waals surface area contributed by atoms with Gasteiger partial charge < -0.3 is 19.8 Å². The van der Waals surface area contributed by atoms with E-state index >= 15 is 0 Å². The fraction of sp³-hybridized carbons (Fsp3) is 0.594. The van der Waals surface area contributed by atoms with Crippen LogP contribution in [0.5, 0.6) is 11.5 Å². The van der Waals surface area contributed by atoms with Gasteiger partial charge in [0.25, 0.3) is 0 Å².